The number of hydrogen-bond acceptors (Lipinski definition) is 2. The highest BCUT2D eigenvalue weighted by Crippen LogP contribution is 2.38. The third-order valence-corrected chi connectivity index (χ3v) is 5.06. The molecule has 2 aliphatic rings. The third kappa shape index (κ3) is 1.54. The Morgan fingerprint density at radius 3 is 3.00 bits per heavy atom. The summed E-state index contributed by atoms with van der Waals surface area (Å²) < 4.78 is 2.26. The van der Waals surface area contributed by atoms with Crippen LogP contribution in [0.2, 0.25) is 0 Å². The van der Waals surface area contributed by atoms with Crippen molar-refractivity contribution in [3.63, 3.8) is 0 Å². The molecule has 1 aromatic carbocycles. The highest BCUT2D eigenvalue weighted by Gasteiger charge is 2.25. The lowest BCUT2D eigenvalue weighted by Crippen LogP contribution is -2.27. The van der Waals surface area contributed by atoms with Crippen molar-refractivity contribution < 1.29 is 0 Å². The first-order chi connectivity index (χ1) is 7.25. The molecule has 0 spiro atoms. The Labute approximate surface area is 106 Å². The number of nitrogens with zero attached hydrogens (tertiary/aromatic N) is 2. The molecule has 0 bridgehead atoms. The number of benzene rings is 1. The molecule has 0 aromatic heterocycles. The molecule has 2 aliphatic heterocycles. The zero-order valence-electron chi connectivity index (χ0n) is 8.13. The summed E-state index contributed by atoms with van der Waals surface area (Å²) in [6.45, 7) is 2.14. The van der Waals surface area contributed by atoms with Gasteiger partial charge in [-0.05, 0) is 50.4 Å². The van der Waals surface area contributed by atoms with Crippen LogP contribution < -0.4 is 0 Å². The van der Waals surface area contributed by atoms with Gasteiger partial charge < -0.3 is 4.90 Å². The van der Waals surface area contributed by atoms with E-state index < -0.39 is 0 Å². The molecule has 2 heterocycles. The van der Waals surface area contributed by atoms with Crippen LogP contribution >= 0.6 is 31.9 Å². The molecule has 0 unspecified atom stereocenters. The quantitative estimate of drug-likeness (QED) is 0.706. The summed E-state index contributed by atoms with van der Waals surface area (Å²) in [5.74, 6) is 1.26. The standard InChI is InChI=1S/C11H10Br2N2/c12-8-3-4-9-7(11(8)13)6-15-5-1-2-10(15)14-9/h3-4H,1-2,5-6H2. The van der Waals surface area contributed by atoms with E-state index in [0.29, 0.717) is 0 Å². The van der Waals surface area contributed by atoms with Gasteiger partial charge in [0.1, 0.15) is 5.84 Å². The first-order valence-electron chi connectivity index (χ1n) is 5.05. The lowest BCUT2D eigenvalue weighted by Gasteiger charge is -2.25. The zero-order valence-corrected chi connectivity index (χ0v) is 11.3. The van der Waals surface area contributed by atoms with E-state index in [2.05, 4.69) is 48.9 Å². The average molecular weight is 330 g/mol. The van der Waals surface area contributed by atoms with Crippen LogP contribution in [-0.4, -0.2) is 17.3 Å². The second-order valence-corrected chi connectivity index (χ2v) is 5.56. The molecular weight excluding hydrogens is 320 g/mol. The minimum absolute atomic E-state index is 0.994. The predicted molar refractivity (Wildman–Crippen MR) is 68.6 cm³/mol. The molecule has 1 aromatic rings. The fourth-order valence-electron chi connectivity index (χ4n) is 2.18. The average Bonchev–Trinajstić information content (AvgIpc) is 2.68. The van der Waals surface area contributed by atoms with Crippen molar-refractivity contribution in [2.45, 2.75) is 19.4 Å². The van der Waals surface area contributed by atoms with Gasteiger partial charge in [-0.15, -0.1) is 0 Å². The second kappa shape index (κ2) is 3.59. The Hall–Kier alpha value is -0.350. The van der Waals surface area contributed by atoms with E-state index in [1.165, 1.54) is 17.8 Å². The molecule has 0 saturated carbocycles. The van der Waals surface area contributed by atoms with E-state index in [1.54, 1.807) is 0 Å². The molecule has 0 atom stereocenters. The number of fused-ring (bicyclic) bond motifs is 2. The maximum Gasteiger partial charge on any atom is 0.105 e. The second-order valence-electron chi connectivity index (χ2n) is 3.91. The molecule has 0 N–H and O–H groups in total. The number of rotatable bonds is 0. The first kappa shape index (κ1) is 9.85. The van der Waals surface area contributed by atoms with Gasteiger partial charge in [-0.2, -0.15) is 0 Å². The van der Waals surface area contributed by atoms with Gasteiger partial charge in [0.2, 0.25) is 0 Å². The molecule has 0 radical (unpaired) electrons. The van der Waals surface area contributed by atoms with Crippen molar-refractivity contribution in [1.82, 2.24) is 4.90 Å². The van der Waals surface area contributed by atoms with Crippen molar-refractivity contribution in [2.24, 2.45) is 4.99 Å². The van der Waals surface area contributed by atoms with Crippen LogP contribution in [-0.2, 0) is 6.54 Å². The molecule has 0 aliphatic carbocycles. The van der Waals surface area contributed by atoms with E-state index in [0.717, 1.165) is 34.1 Å². The van der Waals surface area contributed by atoms with Crippen molar-refractivity contribution >= 4 is 43.4 Å². The highest BCUT2D eigenvalue weighted by atomic mass is 79.9. The van der Waals surface area contributed by atoms with Crippen molar-refractivity contribution in [2.75, 3.05) is 6.54 Å². The van der Waals surface area contributed by atoms with E-state index in [1.807, 2.05) is 0 Å². The summed E-state index contributed by atoms with van der Waals surface area (Å²) in [5.41, 5.74) is 2.42. The number of halogens is 2. The molecule has 3 rings (SSSR count). The van der Waals surface area contributed by atoms with Gasteiger partial charge >= 0.3 is 0 Å². The maximum absolute atomic E-state index is 4.70. The van der Waals surface area contributed by atoms with Gasteiger partial charge in [-0.1, -0.05) is 0 Å². The monoisotopic (exact) mass is 328 g/mol. The summed E-state index contributed by atoms with van der Waals surface area (Å²) in [4.78, 5) is 7.08. The van der Waals surface area contributed by atoms with E-state index in [9.17, 15) is 0 Å². The normalized spacial score (nSPS) is 18.5. The fraction of sp³-hybridized carbons (Fsp3) is 0.364. The molecule has 4 heteroatoms. The molecular formula is C11H10Br2N2. The lowest BCUT2D eigenvalue weighted by molar-refractivity contribution is 0.442. The van der Waals surface area contributed by atoms with E-state index in [4.69, 9.17) is 4.99 Å². The third-order valence-electron chi connectivity index (χ3n) is 2.96. The summed E-state index contributed by atoms with van der Waals surface area (Å²) >= 11 is 7.15. The Morgan fingerprint density at radius 1 is 1.27 bits per heavy atom. The van der Waals surface area contributed by atoms with E-state index >= 15 is 0 Å². The highest BCUT2D eigenvalue weighted by molar-refractivity contribution is 9.13. The van der Waals surface area contributed by atoms with Crippen LogP contribution in [0.5, 0.6) is 0 Å². The van der Waals surface area contributed by atoms with Crippen molar-refractivity contribution in [1.29, 1.82) is 0 Å². The number of hydrogen-bond donors (Lipinski definition) is 0. The fourth-order valence-corrected chi connectivity index (χ4v) is 3.01. The molecule has 1 fully saturated rings. The van der Waals surface area contributed by atoms with Gasteiger partial charge in [-0.3, -0.25) is 0 Å². The van der Waals surface area contributed by atoms with Crippen molar-refractivity contribution in [3.8, 4) is 0 Å². The molecule has 15 heavy (non-hydrogen) atoms. The van der Waals surface area contributed by atoms with Gasteiger partial charge in [0, 0.05) is 34.0 Å². The van der Waals surface area contributed by atoms with Crippen LogP contribution in [0.1, 0.15) is 18.4 Å². The van der Waals surface area contributed by atoms with Crippen molar-refractivity contribution in [3.05, 3.63) is 26.6 Å². The minimum atomic E-state index is 0.994. The summed E-state index contributed by atoms with van der Waals surface area (Å²) in [7, 11) is 0. The van der Waals surface area contributed by atoms with Crippen LogP contribution in [0.15, 0.2) is 26.1 Å². The largest absolute Gasteiger partial charge is 0.356 e. The van der Waals surface area contributed by atoms with Crippen LogP contribution in [0.4, 0.5) is 5.69 Å². The van der Waals surface area contributed by atoms with Crippen LogP contribution in [0, 0.1) is 0 Å². The van der Waals surface area contributed by atoms with E-state index in [-0.39, 0.29) is 0 Å². The summed E-state index contributed by atoms with van der Waals surface area (Å²) in [5, 5.41) is 0. The SMILES string of the molecule is Brc1ccc2c(c1Br)CN1CCCC1=N2. The Balaban J connectivity index is 2.14. The summed E-state index contributed by atoms with van der Waals surface area (Å²) in [6.07, 6.45) is 2.37. The Kier molecular flexibility index (Phi) is 2.36. The molecule has 2 nitrogen and oxygen atoms in total. The lowest BCUT2D eigenvalue weighted by atomic mass is 10.1. The van der Waals surface area contributed by atoms with Gasteiger partial charge in [0.05, 0.1) is 5.69 Å². The topological polar surface area (TPSA) is 15.6 Å². The Morgan fingerprint density at radius 2 is 2.13 bits per heavy atom. The molecule has 1 saturated heterocycles. The predicted octanol–water partition coefficient (Wildman–Crippen LogP) is 3.85. The van der Waals surface area contributed by atoms with Crippen LogP contribution in [0.25, 0.3) is 0 Å². The first-order valence-corrected chi connectivity index (χ1v) is 6.64. The smallest absolute Gasteiger partial charge is 0.105 e. The number of amidine groups is 1. The molecule has 0 amide bonds. The zero-order chi connectivity index (χ0) is 10.4. The number of aliphatic imine (C=N–C) groups is 1. The van der Waals surface area contributed by atoms with Crippen LogP contribution in [0.3, 0.4) is 0 Å². The summed E-state index contributed by atoms with van der Waals surface area (Å²) in [6, 6.07) is 4.14. The van der Waals surface area contributed by atoms with Gasteiger partial charge in [-0.25, -0.2) is 4.99 Å². The van der Waals surface area contributed by atoms with Gasteiger partial charge in [0.25, 0.3) is 0 Å². The maximum atomic E-state index is 4.70. The Bertz CT molecular complexity index is 454. The minimum Gasteiger partial charge on any atom is -0.356 e. The molecule has 78 valence electrons. The van der Waals surface area contributed by atoms with Gasteiger partial charge in [0.15, 0.2) is 0 Å².